The molecule has 2 aromatic rings. The standard InChI is InChI=1S/C19H28N4O/c1-20-19(23(3)16-17-10-9-14-22(17)2)21-13-7-8-15-24-18-11-5-4-6-12-18/h4-6,9-12,14H,7-8,13,15-16H2,1-3H3,(H,20,21). The summed E-state index contributed by atoms with van der Waals surface area (Å²) in [4.78, 5) is 6.49. The van der Waals surface area contributed by atoms with Gasteiger partial charge in [0.1, 0.15) is 5.75 Å². The smallest absolute Gasteiger partial charge is 0.193 e. The Labute approximate surface area is 145 Å². The number of unbranched alkanes of at least 4 members (excludes halogenated alkanes) is 1. The van der Waals surface area contributed by atoms with E-state index in [1.807, 2.05) is 37.4 Å². The first kappa shape index (κ1) is 17.9. The molecule has 0 fully saturated rings. The monoisotopic (exact) mass is 328 g/mol. The third-order valence-electron chi connectivity index (χ3n) is 3.89. The van der Waals surface area contributed by atoms with Gasteiger partial charge in [0.05, 0.1) is 13.2 Å². The molecule has 0 saturated carbocycles. The van der Waals surface area contributed by atoms with Crippen LogP contribution >= 0.6 is 0 Å². The molecule has 1 aromatic heterocycles. The Balaban J connectivity index is 1.63. The number of aliphatic imine (C=N–C) groups is 1. The number of para-hydroxylation sites is 1. The van der Waals surface area contributed by atoms with Crippen LogP contribution in [0.4, 0.5) is 0 Å². The summed E-state index contributed by atoms with van der Waals surface area (Å²) in [5.74, 6) is 1.85. The fourth-order valence-corrected chi connectivity index (χ4v) is 2.50. The van der Waals surface area contributed by atoms with Crippen molar-refractivity contribution < 1.29 is 4.74 Å². The average Bonchev–Trinajstić information content (AvgIpc) is 3.00. The molecule has 0 aliphatic carbocycles. The SMILES string of the molecule is CN=C(NCCCCOc1ccccc1)N(C)Cc1cccn1C. The van der Waals surface area contributed by atoms with Gasteiger partial charge in [-0.25, -0.2) is 0 Å². The molecule has 2 rings (SSSR count). The second-order valence-corrected chi connectivity index (χ2v) is 5.81. The fraction of sp³-hybridized carbons (Fsp3) is 0.421. The number of guanidine groups is 1. The van der Waals surface area contributed by atoms with Gasteiger partial charge in [-0.15, -0.1) is 0 Å². The summed E-state index contributed by atoms with van der Waals surface area (Å²) < 4.78 is 7.83. The number of rotatable bonds is 8. The molecule has 0 unspecified atom stereocenters. The molecule has 5 nitrogen and oxygen atoms in total. The molecule has 24 heavy (non-hydrogen) atoms. The molecule has 0 radical (unpaired) electrons. The Morgan fingerprint density at radius 2 is 1.96 bits per heavy atom. The highest BCUT2D eigenvalue weighted by atomic mass is 16.5. The first-order chi connectivity index (χ1) is 11.7. The minimum atomic E-state index is 0.740. The highest BCUT2D eigenvalue weighted by Gasteiger charge is 2.07. The van der Waals surface area contributed by atoms with Crippen molar-refractivity contribution in [1.29, 1.82) is 0 Å². The molecule has 0 aliphatic rings. The van der Waals surface area contributed by atoms with Crippen LogP contribution in [0.3, 0.4) is 0 Å². The Morgan fingerprint density at radius 3 is 2.62 bits per heavy atom. The molecule has 5 heteroatoms. The van der Waals surface area contributed by atoms with E-state index in [0.29, 0.717) is 0 Å². The van der Waals surface area contributed by atoms with E-state index < -0.39 is 0 Å². The lowest BCUT2D eigenvalue weighted by Crippen LogP contribution is -2.39. The van der Waals surface area contributed by atoms with Gasteiger partial charge in [0.15, 0.2) is 5.96 Å². The van der Waals surface area contributed by atoms with Crippen LogP contribution in [-0.2, 0) is 13.6 Å². The van der Waals surface area contributed by atoms with Crippen molar-refractivity contribution in [3.63, 3.8) is 0 Å². The molecular weight excluding hydrogens is 300 g/mol. The summed E-state index contributed by atoms with van der Waals surface area (Å²) in [6.07, 6.45) is 4.12. The average molecular weight is 328 g/mol. The van der Waals surface area contributed by atoms with Crippen LogP contribution in [0.5, 0.6) is 5.75 Å². The quantitative estimate of drug-likeness (QED) is 0.460. The summed E-state index contributed by atoms with van der Waals surface area (Å²) in [6.45, 7) is 2.46. The molecule has 1 aromatic carbocycles. The molecule has 0 atom stereocenters. The van der Waals surface area contributed by atoms with Gasteiger partial charge in [0.25, 0.3) is 0 Å². The lowest BCUT2D eigenvalue weighted by molar-refractivity contribution is 0.306. The molecule has 1 heterocycles. The van der Waals surface area contributed by atoms with Crippen molar-refractivity contribution in [2.75, 3.05) is 27.2 Å². The van der Waals surface area contributed by atoms with Crippen LogP contribution < -0.4 is 10.1 Å². The van der Waals surface area contributed by atoms with Crippen LogP contribution in [0.25, 0.3) is 0 Å². The number of ether oxygens (including phenoxy) is 1. The summed E-state index contributed by atoms with van der Waals surface area (Å²) in [6, 6.07) is 14.1. The van der Waals surface area contributed by atoms with Gasteiger partial charge in [-0.05, 0) is 37.1 Å². The van der Waals surface area contributed by atoms with Gasteiger partial charge in [-0.2, -0.15) is 0 Å². The number of hydrogen-bond donors (Lipinski definition) is 1. The van der Waals surface area contributed by atoms with Crippen LogP contribution in [0.2, 0.25) is 0 Å². The van der Waals surface area contributed by atoms with Crippen molar-refractivity contribution in [3.8, 4) is 5.75 Å². The van der Waals surface area contributed by atoms with Crippen molar-refractivity contribution in [1.82, 2.24) is 14.8 Å². The first-order valence-corrected chi connectivity index (χ1v) is 8.40. The van der Waals surface area contributed by atoms with E-state index in [1.165, 1.54) is 5.69 Å². The fourth-order valence-electron chi connectivity index (χ4n) is 2.50. The molecule has 0 spiro atoms. The summed E-state index contributed by atoms with van der Waals surface area (Å²) in [5, 5.41) is 3.41. The highest BCUT2D eigenvalue weighted by Crippen LogP contribution is 2.08. The Kier molecular flexibility index (Phi) is 7.21. The van der Waals surface area contributed by atoms with Crippen molar-refractivity contribution in [3.05, 3.63) is 54.4 Å². The molecule has 0 aliphatic heterocycles. The van der Waals surface area contributed by atoms with Crippen molar-refractivity contribution in [2.24, 2.45) is 12.0 Å². The van der Waals surface area contributed by atoms with Crippen molar-refractivity contribution >= 4 is 5.96 Å². The molecular formula is C19H28N4O. The summed E-state index contributed by atoms with van der Waals surface area (Å²) >= 11 is 0. The van der Waals surface area contributed by atoms with E-state index in [2.05, 4.69) is 52.2 Å². The van der Waals surface area contributed by atoms with E-state index in [1.54, 1.807) is 0 Å². The lowest BCUT2D eigenvalue weighted by atomic mass is 10.3. The number of benzene rings is 1. The van der Waals surface area contributed by atoms with E-state index in [0.717, 1.165) is 44.2 Å². The molecule has 0 amide bonds. The third kappa shape index (κ3) is 5.65. The number of hydrogen-bond acceptors (Lipinski definition) is 2. The highest BCUT2D eigenvalue weighted by molar-refractivity contribution is 5.79. The van der Waals surface area contributed by atoms with E-state index in [9.17, 15) is 0 Å². The molecule has 0 saturated heterocycles. The molecule has 130 valence electrons. The Hall–Kier alpha value is -2.43. The van der Waals surface area contributed by atoms with Crippen LogP contribution in [0, 0.1) is 0 Å². The first-order valence-electron chi connectivity index (χ1n) is 8.40. The molecule has 0 bridgehead atoms. The zero-order valence-corrected chi connectivity index (χ0v) is 14.9. The zero-order valence-electron chi connectivity index (χ0n) is 14.9. The van der Waals surface area contributed by atoms with Gasteiger partial charge in [0, 0.05) is 39.6 Å². The predicted molar refractivity (Wildman–Crippen MR) is 99.4 cm³/mol. The second-order valence-electron chi connectivity index (χ2n) is 5.81. The van der Waals surface area contributed by atoms with Gasteiger partial charge < -0.3 is 19.5 Å². The van der Waals surface area contributed by atoms with Gasteiger partial charge in [0.2, 0.25) is 0 Å². The van der Waals surface area contributed by atoms with E-state index in [-0.39, 0.29) is 0 Å². The third-order valence-corrected chi connectivity index (χ3v) is 3.89. The predicted octanol–water partition coefficient (Wildman–Crippen LogP) is 2.89. The Bertz CT molecular complexity index is 621. The van der Waals surface area contributed by atoms with Gasteiger partial charge in [-0.3, -0.25) is 4.99 Å². The Morgan fingerprint density at radius 1 is 1.17 bits per heavy atom. The zero-order chi connectivity index (χ0) is 17.2. The molecule has 1 N–H and O–H groups in total. The lowest BCUT2D eigenvalue weighted by Gasteiger charge is -2.22. The van der Waals surface area contributed by atoms with Gasteiger partial charge >= 0.3 is 0 Å². The topological polar surface area (TPSA) is 41.8 Å². The number of aryl methyl sites for hydroxylation is 1. The normalized spacial score (nSPS) is 11.4. The summed E-state index contributed by atoms with van der Waals surface area (Å²) in [5.41, 5.74) is 1.26. The van der Waals surface area contributed by atoms with Crippen LogP contribution in [-0.4, -0.2) is 42.7 Å². The minimum absolute atomic E-state index is 0.740. The largest absolute Gasteiger partial charge is 0.494 e. The maximum Gasteiger partial charge on any atom is 0.193 e. The summed E-state index contributed by atoms with van der Waals surface area (Å²) in [7, 11) is 5.94. The number of nitrogens with zero attached hydrogens (tertiary/aromatic N) is 3. The van der Waals surface area contributed by atoms with Gasteiger partial charge in [-0.1, -0.05) is 18.2 Å². The number of aromatic nitrogens is 1. The maximum atomic E-state index is 5.70. The minimum Gasteiger partial charge on any atom is -0.494 e. The van der Waals surface area contributed by atoms with Crippen LogP contribution in [0.15, 0.2) is 53.7 Å². The van der Waals surface area contributed by atoms with E-state index >= 15 is 0 Å². The maximum absolute atomic E-state index is 5.70. The second kappa shape index (κ2) is 9.65. The van der Waals surface area contributed by atoms with Crippen molar-refractivity contribution in [2.45, 2.75) is 19.4 Å². The van der Waals surface area contributed by atoms with Crippen LogP contribution in [0.1, 0.15) is 18.5 Å². The van der Waals surface area contributed by atoms with E-state index in [4.69, 9.17) is 4.74 Å². The number of nitrogens with one attached hydrogen (secondary N) is 1.